The van der Waals surface area contributed by atoms with Gasteiger partial charge in [-0.1, -0.05) is 60.7 Å². The number of nitrogens with two attached hydrogens (primary N) is 1. The molecule has 32 heavy (non-hydrogen) atoms. The molecule has 0 spiro atoms. The molecule has 3 amide bonds. The second-order valence-corrected chi connectivity index (χ2v) is 7.90. The van der Waals surface area contributed by atoms with E-state index in [0.717, 1.165) is 21.2 Å². The predicted octanol–water partition coefficient (Wildman–Crippen LogP) is 2.89. The lowest BCUT2D eigenvalue weighted by molar-refractivity contribution is -0.143. The van der Waals surface area contributed by atoms with Crippen LogP contribution in [0.4, 0.5) is 4.79 Å². The van der Waals surface area contributed by atoms with Gasteiger partial charge in [0.1, 0.15) is 17.9 Å². The third-order valence-electron chi connectivity index (χ3n) is 5.87. The molecule has 1 unspecified atom stereocenters. The molecule has 8 nitrogen and oxygen atoms in total. The van der Waals surface area contributed by atoms with Crippen LogP contribution in [-0.4, -0.2) is 45.2 Å². The lowest BCUT2D eigenvalue weighted by atomic mass is 9.89. The number of urea groups is 1. The molecule has 1 heterocycles. The molecule has 4 N–H and O–H groups in total. The van der Waals surface area contributed by atoms with Gasteiger partial charge in [-0.05, 0) is 34.9 Å². The van der Waals surface area contributed by atoms with Crippen molar-refractivity contribution in [2.45, 2.75) is 19.0 Å². The first-order valence-electron chi connectivity index (χ1n) is 10.00. The van der Waals surface area contributed by atoms with E-state index >= 15 is 0 Å². The minimum atomic E-state index is -1.41. The van der Waals surface area contributed by atoms with E-state index in [1.54, 1.807) is 31.2 Å². The van der Waals surface area contributed by atoms with Crippen LogP contribution in [0.1, 0.15) is 23.6 Å². The molecule has 4 rings (SSSR count). The summed E-state index contributed by atoms with van der Waals surface area (Å²) in [5.74, 6) is -1.99. The van der Waals surface area contributed by atoms with Crippen LogP contribution in [0.15, 0.2) is 66.7 Å². The summed E-state index contributed by atoms with van der Waals surface area (Å²) < 4.78 is 0. The van der Waals surface area contributed by atoms with E-state index in [0.29, 0.717) is 11.1 Å². The largest absolute Gasteiger partial charge is 0.480 e. The number of nitrogen functional groups attached to an aromatic ring is 1. The van der Waals surface area contributed by atoms with Crippen LogP contribution in [0, 0.1) is 5.41 Å². The highest BCUT2D eigenvalue weighted by molar-refractivity contribution is 6.09. The van der Waals surface area contributed by atoms with E-state index in [1.807, 2.05) is 42.5 Å². The second-order valence-electron chi connectivity index (χ2n) is 7.90. The zero-order valence-electron chi connectivity index (χ0n) is 17.4. The standard InChI is InChI=1S/C24H22N4O4/c1-24(19-10-8-17(9-11-19)21(25)26)22(31)27(14-20(29)30)23(32)28(24)13-15-6-7-16-4-2-3-5-18(16)12-15/h2-12H,13-14H2,1H3,(H3,25,26)(H,29,30). The number of amides is 3. The number of amidine groups is 1. The summed E-state index contributed by atoms with van der Waals surface area (Å²) in [5, 5.41) is 18.9. The summed E-state index contributed by atoms with van der Waals surface area (Å²) in [7, 11) is 0. The molecule has 0 bridgehead atoms. The number of benzene rings is 3. The number of carbonyl (C=O) groups excluding carboxylic acids is 2. The molecule has 0 aliphatic carbocycles. The first-order chi connectivity index (χ1) is 15.2. The Hall–Kier alpha value is -4.20. The second kappa shape index (κ2) is 7.81. The number of rotatable bonds is 6. The van der Waals surface area contributed by atoms with Crippen molar-refractivity contribution in [1.29, 1.82) is 5.41 Å². The van der Waals surface area contributed by atoms with Gasteiger partial charge in [0.15, 0.2) is 0 Å². The number of aliphatic carboxylic acids is 1. The fourth-order valence-corrected chi connectivity index (χ4v) is 4.08. The Morgan fingerprint density at radius 2 is 1.69 bits per heavy atom. The minimum absolute atomic E-state index is 0.115. The Kier molecular flexibility index (Phi) is 5.14. The summed E-state index contributed by atoms with van der Waals surface area (Å²) in [6, 6.07) is 19.4. The van der Waals surface area contributed by atoms with E-state index in [-0.39, 0.29) is 12.4 Å². The average molecular weight is 430 g/mol. The van der Waals surface area contributed by atoms with Gasteiger partial charge >= 0.3 is 12.0 Å². The highest BCUT2D eigenvalue weighted by Crippen LogP contribution is 2.38. The Bertz CT molecular complexity index is 1250. The molecule has 1 aliphatic rings. The van der Waals surface area contributed by atoms with Crippen LogP contribution >= 0.6 is 0 Å². The monoisotopic (exact) mass is 430 g/mol. The van der Waals surface area contributed by atoms with Crippen molar-refractivity contribution in [3.05, 3.63) is 83.4 Å². The number of nitrogens with one attached hydrogen (secondary N) is 1. The maximum Gasteiger partial charge on any atom is 0.328 e. The summed E-state index contributed by atoms with van der Waals surface area (Å²) >= 11 is 0. The number of carbonyl (C=O) groups is 3. The first kappa shape index (κ1) is 21.0. The van der Waals surface area contributed by atoms with E-state index < -0.39 is 30.0 Å². The SMILES string of the molecule is CC1(c2ccc(C(=N)N)cc2)C(=O)N(CC(=O)O)C(=O)N1Cc1ccc2ccccc2c1. The molecule has 0 radical (unpaired) electrons. The Morgan fingerprint density at radius 3 is 2.31 bits per heavy atom. The maximum absolute atomic E-state index is 13.3. The highest BCUT2D eigenvalue weighted by Gasteiger charge is 2.55. The smallest absolute Gasteiger partial charge is 0.328 e. The molecule has 3 aromatic carbocycles. The van der Waals surface area contributed by atoms with Gasteiger partial charge in [0.25, 0.3) is 5.91 Å². The maximum atomic E-state index is 13.3. The molecule has 0 aromatic heterocycles. The number of carboxylic acid groups (broad SMARTS) is 1. The number of carboxylic acids is 1. The zero-order chi connectivity index (χ0) is 23.0. The van der Waals surface area contributed by atoms with E-state index in [4.69, 9.17) is 11.1 Å². The number of hydrogen-bond acceptors (Lipinski definition) is 4. The van der Waals surface area contributed by atoms with Crippen LogP contribution in [-0.2, 0) is 21.7 Å². The van der Waals surface area contributed by atoms with Gasteiger partial charge in [-0.15, -0.1) is 0 Å². The molecule has 1 fully saturated rings. The Balaban J connectivity index is 1.77. The Labute approximate surface area is 184 Å². The van der Waals surface area contributed by atoms with Crippen LogP contribution in [0.5, 0.6) is 0 Å². The van der Waals surface area contributed by atoms with Crippen LogP contribution in [0.2, 0.25) is 0 Å². The number of hydrogen-bond donors (Lipinski definition) is 3. The van der Waals surface area contributed by atoms with Gasteiger partial charge in [0.2, 0.25) is 0 Å². The highest BCUT2D eigenvalue weighted by atomic mass is 16.4. The quantitative estimate of drug-likeness (QED) is 0.315. The van der Waals surface area contributed by atoms with Crippen molar-refractivity contribution < 1.29 is 19.5 Å². The molecule has 1 aliphatic heterocycles. The normalized spacial score (nSPS) is 18.4. The number of imide groups is 1. The van der Waals surface area contributed by atoms with Crippen molar-refractivity contribution >= 4 is 34.5 Å². The summed E-state index contributed by atoms with van der Waals surface area (Å²) in [6.07, 6.45) is 0. The summed E-state index contributed by atoms with van der Waals surface area (Å²) in [4.78, 5) is 40.0. The lowest BCUT2D eigenvalue weighted by Gasteiger charge is -2.32. The van der Waals surface area contributed by atoms with E-state index in [9.17, 15) is 19.5 Å². The topological polar surface area (TPSA) is 128 Å². The van der Waals surface area contributed by atoms with E-state index in [1.165, 1.54) is 4.90 Å². The molecule has 8 heteroatoms. The number of nitrogens with zero attached hydrogens (tertiary/aromatic N) is 2. The lowest BCUT2D eigenvalue weighted by Crippen LogP contribution is -2.44. The summed E-state index contributed by atoms with van der Waals surface area (Å²) in [6.45, 7) is 1.02. The van der Waals surface area contributed by atoms with Gasteiger partial charge in [-0.2, -0.15) is 0 Å². The fourth-order valence-electron chi connectivity index (χ4n) is 4.08. The molecule has 1 atom stereocenters. The number of fused-ring (bicyclic) bond motifs is 1. The Morgan fingerprint density at radius 1 is 1.03 bits per heavy atom. The summed E-state index contributed by atoms with van der Waals surface area (Å²) in [5.41, 5.74) is 5.93. The van der Waals surface area contributed by atoms with Crippen molar-refractivity contribution in [2.75, 3.05) is 6.54 Å². The van der Waals surface area contributed by atoms with Crippen LogP contribution in [0.25, 0.3) is 10.8 Å². The van der Waals surface area contributed by atoms with Gasteiger partial charge < -0.3 is 15.7 Å². The van der Waals surface area contributed by atoms with Gasteiger partial charge in [-0.25, -0.2) is 4.79 Å². The van der Waals surface area contributed by atoms with Crippen LogP contribution < -0.4 is 5.73 Å². The first-order valence-corrected chi connectivity index (χ1v) is 10.00. The molecule has 0 saturated carbocycles. The molecular formula is C24H22N4O4. The fraction of sp³-hybridized carbons (Fsp3) is 0.167. The van der Waals surface area contributed by atoms with Gasteiger partial charge in [0, 0.05) is 12.1 Å². The van der Waals surface area contributed by atoms with Gasteiger partial charge in [-0.3, -0.25) is 19.9 Å². The van der Waals surface area contributed by atoms with Gasteiger partial charge in [0.05, 0.1) is 0 Å². The zero-order valence-corrected chi connectivity index (χ0v) is 17.4. The third kappa shape index (κ3) is 3.45. The van der Waals surface area contributed by atoms with Crippen LogP contribution in [0.3, 0.4) is 0 Å². The molecule has 1 saturated heterocycles. The van der Waals surface area contributed by atoms with Crippen molar-refractivity contribution in [3.8, 4) is 0 Å². The molecule has 3 aromatic rings. The third-order valence-corrected chi connectivity index (χ3v) is 5.87. The van der Waals surface area contributed by atoms with Crippen molar-refractivity contribution in [3.63, 3.8) is 0 Å². The average Bonchev–Trinajstić information content (AvgIpc) is 2.95. The van der Waals surface area contributed by atoms with Crippen molar-refractivity contribution in [1.82, 2.24) is 9.80 Å². The molecular weight excluding hydrogens is 408 g/mol. The van der Waals surface area contributed by atoms with Crippen molar-refractivity contribution in [2.24, 2.45) is 5.73 Å². The minimum Gasteiger partial charge on any atom is -0.480 e. The van der Waals surface area contributed by atoms with E-state index in [2.05, 4.69) is 0 Å². The predicted molar refractivity (Wildman–Crippen MR) is 119 cm³/mol. The molecule has 162 valence electrons.